The summed E-state index contributed by atoms with van der Waals surface area (Å²) in [6.07, 6.45) is 5.22. The Morgan fingerprint density at radius 2 is 2.31 bits per heavy atom. The van der Waals surface area contributed by atoms with Crippen molar-refractivity contribution in [2.75, 3.05) is 18.5 Å². The van der Waals surface area contributed by atoms with Crippen molar-refractivity contribution in [3.63, 3.8) is 0 Å². The Bertz CT molecular complexity index is 318. The van der Waals surface area contributed by atoms with E-state index < -0.39 is 0 Å². The van der Waals surface area contributed by atoms with Crippen LogP contribution in [-0.4, -0.2) is 19.3 Å². The highest BCUT2D eigenvalue weighted by Gasteiger charge is 2.12. The van der Waals surface area contributed by atoms with Gasteiger partial charge in [0.1, 0.15) is 0 Å². The number of benzene rings is 1. The average Bonchev–Trinajstić information content (AvgIpc) is 2.38. The fraction of sp³-hybridized carbons (Fsp3) is 0.571. The number of anilines is 1. The zero-order valence-electron chi connectivity index (χ0n) is 10.0. The van der Waals surface area contributed by atoms with E-state index >= 15 is 0 Å². The molecule has 0 aliphatic carbocycles. The molecule has 1 aliphatic rings. The van der Waals surface area contributed by atoms with Gasteiger partial charge in [-0.1, -0.05) is 19.1 Å². The molecular weight excluding hydrogens is 198 g/mol. The van der Waals surface area contributed by atoms with Gasteiger partial charge >= 0.3 is 0 Å². The molecule has 1 atom stereocenters. The molecule has 0 aromatic heterocycles. The smallest absolute Gasteiger partial charge is 0.0747 e. The van der Waals surface area contributed by atoms with Gasteiger partial charge in [-0.2, -0.15) is 0 Å². The molecule has 1 aromatic carbocycles. The van der Waals surface area contributed by atoms with E-state index in [4.69, 9.17) is 4.74 Å². The van der Waals surface area contributed by atoms with E-state index in [1.54, 1.807) is 0 Å². The molecule has 1 N–H and O–H groups in total. The predicted octanol–water partition coefficient (Wildman–Crippen LogP) is 3.23. The number of rotatable bonds is 4. The lowest BCUT2D eigenvalue weighted by molar-refractivity contribution is 0.0247. The molecule has 2 heteroatoms. The minimum absolute atomic E-state index is 0.402. The van der Waals surface area contributed by atoms with Crippen molar-refractivity contribution in [1.29, 1.82) is 0 Å². The topological polar surface area (TPSA) is 21.3 Å². The SMILES string of the molecule is CCc1cccc(NCC2CCCCO2)c1. The minimum Gasteiger partial charge on any atom is -0.382 e. The van der Waals surface area contributed by atoms with Gasteiger partial charge < -0.3 is 10.1 Å². The molecule has 16 heavy (non-hydrogen) atoms. The van der Waals surface area contributed by atoms with Crippen LogP contribution in [0.4, 0.5) is 5.69 Å². The molecule has 0 amide bonds. The van der Waals surface area contributed by atoms with Crippen LogP contribution in [0.15, 0.2) is 24.3 Å². The summed E-state index contributed by atoms with van der Waals surface area (Å²) in [5.74, 6) is 0. The van der Waals surface area contributed by atoms with Crippen LogP contribution >= 0.6 is 0 Å². The van der Waals surface area contributed by atoms with Crippen LogP contribution in [0.5, 0.6) is 0 Å². The molecule has 1 saturated heterocycles. The number of ether oxygens (including phenoxy) is 1. The molecule has 0 bridgehead atoms. The van der Waals surface area contributed by atoms with E-state index in [1.807, 2.05) is 0 Å². The molecule has 2 nitrogen and oxygen atoms in total. The maximum absolute atomic E-state index is 5.69. The molecule has 0 saturated carbocycles. The number of hydrogen-bond acceptors (Lipinski definition) is 2. The molecule has 1 aromatic rings. The molecule has 1 fully saturated rings. The Morgan fingerprint density at radius 1 is 1.38 bits per heavy atom. The molecule has 0 spiro atoms. The van der Waals surface area contributed by atoms with Gasteiger partial charge in [-0.3, -0.25) is 0 Å². The summed E-state index contributed by atoms with van der Waals surface area (Å²) in [5, 5.41) is 3.46. The highest BCUT2D eigenvalue weighted by atomic mass is 16.5. The van der Waals surface area contributed by atoms with Crippen molar-refractivity contribution >= 4 is 5.69 Å². The van der Waals surface area contributed by atoms with Crippen molar-refractivity contribution in [2.45, 2.75) is 38.7 Å². The maximum atomic E-state index is 5.69. The highest BCUT2D eigenvalue weighted by molar-refractivity contribution is 5.45. The number of hydrogen-bond donors (Lipinski definition) is 1. The summed E-state index contributed by atoms with van der Waals surface area (Å²) >= 11 is 0. The van der Waals surface area contributed by atoms with Crippen LogP contribution in [-0.2, 0) is 11.2 Å². The highest BCUT2D eigenvalue weighted by Crippen LogP contribution is 2.15. The first-order valence-corrected chi connectivity index (χ1v) is 6.33. The van der Waals surface area contributed by atoms with Crippen LogP contribution in [0.3, 0.4) is 0 Å². The van der Waals surface area contributed by atoms with Crippen LogP contribution in [0.1, 0.15) is 31.7 Å². The normalized spacial score (nSPS) is 20.7. The molecule has 1 unspecified atom stereocenters. The number of nitrogens with one attached hydrogen (secondary N) is 1. The summed E-state index contributed by atoms with van der Waals surface area (Å²) in [6, 6.07) is 8.63. The largest absolute Gasteiger partial charge is 0.382 e. The quantitative estimate of drug-likeness (QED) is 0.839. The molecule has 88 valence electrons. The van der Waals surface area contributed by atoms with Gasteiger partial charge in [0.15, 0.2) is 0 Å². The van der Waals surface area contributed by atoms with Crippen LogP contribution < -0.4 is 5.32 Å². The maximum Gasteiger partial charge on any atom is 0.0747 e. The van der Waals surface area contributed by atoms with Crippen molar-refractivity contribution in [1.82, 2.24) is 0 Å². The standard InChI is InChI=1S/C14H21NO/c1-2-12-6-5-7-13(10-12)15-11-14-8-3-4-9-16-14/h5-7,10,14-15H,2-4,8-9,11H2,1H3. The van der Waals surface area contributed by atoms with Gasteiger partial charge in [-0.25, -0.2) is 0 Å². The fourth-order valence-corrected chi connectivity index (χ4v) is 2.10. The van der Waals surface area contributed by atoms with Gasteiger partial charge in [0.25, 0.3) is 0 Å². The Hall–Kier alpha value is -1.02. The van der Waals surface area contributed by atoms with E-state index in [9.17, 15) is 0 Å². The summed E-state index contributed by atoms with van der Waals surface area (Å²) in [6.45, 7) is 4.05. The first kappa shape index (κ1) is 11.5. The van der Waals surface area contributed by atoms with Crippen molar-refractivity contribution in [2.24, 2.45) is 0 Å². The van der Waals surface area contributed by atoms with Crippen LogP contribution in [0.25, 0.3) is 0 Å². The fourth-order valence-electron chi connectivity index (χ4n) is 2.10. The van der Waals surface area contributed by atoms with Crippen molar-refractivity contribution in [3.8, 4) is 0 Å². The van der Waals surface area contributed by atoms with Gasteiger partial charge in [-0.15, -0.1) is 0 Å². The lowest BCUT2D eigenvalue weighted by Crippen LogP contribution is -2.26. The second-order valence-corrected chi connectivity index (χ2v) is 4.42. The third kappa shape index (κ3) is 3.24. The Labute approximate surface area is 98.0 Å². The zero-order chi connectivity index (χ0) is 11.2. The van der Waals surface area contributed by atoms with Gasteiger partial charge in [0, 0.05) is 18.8 Å². The summed E-state index contributed by atoms with van der Waals surface area (Å²) in [5.41, 5.74) is 2.60. The summed E-state index contributed by atoms with van der Waals surface area (Å²) < 4.78 is 5.69. The third-order valence-corrected chi connectivity index (χ3v) is 3.14. The number of aryl methyl sites for hydroxylation is 1. The van der Waals surface area contributed by atoms with Crippen molar-refractivity contribution < 1.29 is 4.74 Å². The van der Waals surface area contributed by atoms with Crippen LogP contribution in [0.2, 0.25) is 0 Å². The first-order chi connectivity index (χ1) is 7.88. The van der Waals surface area contributed by atoms with Gasteiger partial charge in [0.05, 0.1) is 6.10 Å². The monoisotopic (exact) mass is 219 g/mol. The Kier molecular flexibility index (Phi) is 4.23. The molecule has 2 rings (SSSR count). The second kappa shape index (κ2) is 5.90. The third-order valence-electron chi connectivity index (χ3n) is 3.14. The van der Waals surface area contributed by atoms with Gasteiger partial charge in [-0.05, 0) is 43.4 Å². The van der Waals surface area contributed by atoms with E-state index in [0.29, 0.717) is 6.10 Å². The lowest BCUT2D eigenvalue weighted by Gasteiger charge is -2.23. The second-order valence-electron chi connectivity index (χ2n) is 4.42. The van der Waals surface area contributed by atoms with E-state index in [1.165, 1.54) is 30.5 Å². The molecule has 1 heterocycles. The summed E-state index contributed by atoms with van der Waals surface area (Å²) in [7, 11) is 0. The molecule has 0 radical (unpaired) electrons. The van der Waals surface area contributed by atoms with E-state index in [0.717, 1.165) is 19.6 Å². The van der Waals surface area contributed by atoms with Crippen LogP contribution in [0, 0.1) is 0 Å². The Balaban J connectivity index is 1.83. The lowest BCUT2D eigenvalue weighted by atomic mass is 10.1. The van der Waals surface area contributed by atoms with E-state index in [-0.39, 0.29) is 0 Å². The first-order valence-electron chi connectivity index (χ1n) is 6.33. The van der Waals surface area contributed by atoms with Crippen molar-refractivity contribution in [3.05, 3.63) is 29.8 Å². The zero-order valence-corrected chi connectivity index (χ0v) is 10.0. The Morgan fingerprint density at radius 3 is 3.06 bits per heavy atom. The summed E-state index contributed by atoms with van der Waals surface area (Å²) in [4.78, 5) is 0. The molecule has 1 aliphatic heterocycles. The van der Waals surface area contributed by atoms with E-state index in [2.05, 4.69) is 36.5 Å². The van der Waals surface area contributed by atoms with Gasteiger partial charge in [0.2, 0.25) is 0 Å². The predicted molar refractivity (Wildman–Crippen MR) is 67.9 cm³/mol. The minimum atomic E-state index is 0.402. The average molecular weight is 219 g/mol. The molecular formula is C14H21NO.